The molecule has 0 aromatic heterocycles. The number of hydrogen-bond donors (Lipinski definition) is 0. The second-order valence-electron chi connectivity index (χ2n) is 6.71. The van der Waals surface area contributed by atoms with Crippen LogP contribution in [-0.4, -0.2) is 18.6 Å². The number of hydrogen-bond acceptors (Lipinski definition) is 4. The summed E-state index contributed by atoms with van der Waals surface area (Å²) in [5.41, 5.74) is 3.84. The summed E-state index contributed by atoms with van der Waals surface area (Å²) < 4.78 is 0. The summed E-state index contributed by atoms with van der Waals surface area (Å²) in [6.07, 6.45) is 0. The van der Waals surface area contributed by atoms with Gasteiger partial charge in [0.25, 0.3) is 0 Å². The minimum absolute atomic E-state index is 0.152. The molecule has 1 aliphatic heterocycles. The predicted octanol–water partition coefficient (Wildman–Crippen LogP) is 5.74. The standard InChI is InChI=1S/C22H14ClNO2S/c1-24-16-4-2-3-5-18(16)27-19-10-12(6-9-17(19)24)20-21(25)14-8-7-13(23)11-15(14)22(20)26/h2-11,20H,1H3/t20-/m1/s1. The highest BCUT2D eigenvalue weighted by Gasteiger charge is 2.40. The van der Waals surface area contributed by atoms with E-state index < -0.39 is 5.92 Å². The van der Waals surface area contributed by atoms with Crippen LogP contribution >= 0.6 is 23.4 Å². The van der Waals surface area contributed by atoms with Gasteiger partial charge in [0, 0.05) is 33.0 Å². The molecule has 0 spiro atoms. The van der Waals surface area contributed by atoms with Crippen LogP contribution in [0.4, 0.5) is 11.4 Å². The van der Waals surface area contributed by atoms with Gasteiger partial charge in [-0.05, 0) is 48.0 Å². The van der Waals surface area contributed by atoms with Crippen LogP contribution in [0.25, 0.3) is 0 Å². The lowest BCUT2D eigenvalue weighted by Crippen LogP contribution is -2.16. The Morgan fingerprint density at radius 2 is 1.59 bits per heavy atom. The lowest BCUT2D eigenvalue weighted by atomic mass is 9.94. The smallest absolute Gasteiger partial charge is 0.178 e. The van der Waals surface area contributed by atoms with Gasteiger partial charge < -0.3 is 4.90 Å². The highest BCUT2D eigenvalue weighted by Crippen LogP contribution is 2.48. The molecule has 0 bridgehead atoms. The number of para-hydroxylation sites is 1. The van der Waals surface area contributed by atoms with Gasteiger partial charge in [-0.15, -0.1) is 0 Å². The number of carbonyl (C=O) groups excluding carboxylic acids is 2. The van der Waals surface area contributed by atoms with E-state index in [0.29, 0.717) is 16.1 Å². The number of Topliss-reactive ketones (excluding diaryl/α,β-unsaturated/α-hetero) is 2. The van der Waals surface area contributed by atoms with Crippen molar-refractivity contribution in [2.24, 2.45) is 0 Å². The van der Waals surface area contributed by atoms with Crippen molar-refractivity contribution in [1.82, 2.24) is 0 Å². The molecule has 0 unspecified atom stereocenters. The largest absolute Gasteiger partial charge is 0.343 e. The van der Waals surface area contributed by atoms with Crippen molar-refractivity contribution in [3.05, 3.63) is 82.4 Å². The highest BCUT2D eigenvalue weighted by molar-refractivity contribution is 7.99. The third-order valence-corrected chi connectivity index (χ3v) is 6.51. The molecule has 1 atom stereocenters. The Hall–Kier alpha value is -2.56. The van der Waals surface area contributed by atoms with Gasteiger partial charge in [0.15, 0.2) is 11.6 Å². The summed E-state index contributed by atoms with van der Waals surface area (Å²) in [4.78, 5) is 30.1. The molecule has 2 aliphatic rings. The molecule has 0 amide bonds. The molecule has 0 N–H and O–H groups in total. The molecule has 3 aromatic rings. The predicted molar refractivity (Wildman–Crippen MR) is 108 cm³/mol. The number of anilines is 2. The van der Waals surface area contributed by atoms with Gasteiger partial charge in [0.1, 0.15) is 5.92 Å². The molecular weight excluding hydrogens is 378 g/mol. The number of ketones is 2. The van der Waals surface area contributed by atoms with E-state index in [9.17, 15) is 9.59 Å². The van der Waals surface area contributed by atoms with E-state index in [1.54, 1.807) is 30.0 Å². The summed E-state index contributed by atoms with van der Waals surface area (Å²) in [6, 6.07) is 18.9. The molecule has 0 radical (unpaired) electrons. The SMILES string of the molecule is CN1c2ccccc2Sc2cc([C@@H]3C(=O)c4ccc(Cl)cc4C3=O)ccc21. The Kier molecular flexibility index (Phi) is 3.67. The maximum atomic E-state index is 12.9. The van der Waals surface area contributed by atoms with Crippen molar-refractivity contribution >= 4 is 46.3 Å². The first-order valence-electron chi connectivity index (χ1n) is 8.57. The lowest BCUT2D eigenvalue weighted by Gasteiger charge is -2.30. The lowest BCUT2D eigenvalue weighted by molar-refractivity contribution is 0.0890. The zero-order chi connectivity index (χ0) is 18.7. The van der Waals surface area contributed by atoms with E-state index >= 15 is 0 Å². The fourth-order valence-electron chi connectivity index (χ4n) is 3.81. The third kappa shape index (κ3) is 2.44. The highest BCUT2D eigenvalue weighted by atomic mass is 35.5. The Labute approximate surface area is 166 Å². The van der Waals surface area contributed by atoms with Gasteiger partial charge in [-0.2, -0.15) is 0 Å². The zero-order valence-electron chi connectivity index (χ0n) is 14.4. The summed E-state index contributed by atoms with van der Waals surface area (Å²) in [7, 11) is 2.03. The first-order chi connectivity index (χ1) is 13.0. The van der Waals surface area contributed by atoms with Crippen molar-refractivity contribution < 1.29 is 9.59 Å². The fraction of sp³-hybridized carbons (Fsp3) is 0.0909. The van der Waals surface area contributed by atoms with Crippen molar-refractivity contribution in [1.29, 1.82) is 0 Å². The topological polar surface area (TPSA) is 37.4 Å². The van der Waals surface area contributed by atoms with Gasteiger partial charge in [0.05, 0.1) is 11.4 Å². The third-order valence-electron chi connectivity index (χ3n) is 5.16. The number of fused-ring (bicyclic) bond motifs is 3. The molecule has 132 valence electrons. The minimum atomic E-state index is -0.785. The molecule has 3 nitrogen and oxygen atoms in total. The summed E-state index contributed by atoms with van der Waals surface area (Å²) in [6.45, 7) is 0. The van der Waals surface area contributed by atoms with Crippen molar-refractivity contribution in [3.63, 3.8) is 0 Å². The van der Waals surface area contributed by atoms with Crippen molar-refractivity contribution in [2.75, 3.05) is 11.9 Å². The molecule has 1 aliphatic carbocycles. The molecule has 3 aromatic carbocycles. The van der Waals surface area contributed by atoms with Crippen molar-refractivity contribution in [3.8, 4) is 0 Å². The monoisotopic (exact) mass is 391 g/mol. The Balaban J connectivity index is 1.58. The average molecular weight is 392 g/mol. The van der Waals surface area contributed by atoms with E-state index in [0.717, 1.165) is 26.7 Å². The van der Waals surface area contributed by atoms with E-state index in [2.05, 4.69) is 17.0 Å². The molecule has 0 fully saturated rings. The number of rotatable bonds is 1. The summed E-state index contributed by atoms with van der Waals surface area (Å²) in [5.74, 6) is -1.11. The summed E-state index contributed by atoms with van der Waals surface area (Å²) >= 11 is 7.68. The minimum Gasteiger partial charge on any atom is -0.343 e. The molecule has 1 heterocycles. The summed E-state index contributed by atoms with van der Waals surface area (Å²) in [5, 5.41) is 0.467. The van der Waals surface area contributed by atoms with Crippen LogP contribution in [0, 0.1) is 0 Å². The van der Waals surface area contributed by atoms with E-state index in [1.165, 1.54) is 0 Å². The maximum Gasteiger partial charge on any atom is 0.178 e. The van der Waals surface area contributed by atoms with E-state index in [1.807, 2.05) is 37.4 Å². The van der Waals surface area contributed by atoms with Gasteiger partial charge in [-0.3, -0.25) is 9.59 Å². The molecule has 5 rings (SSSR count). The normalized spacial score (nSPS) is 17.6. The fourth-order valence-corrected chi connectivity index (χ4v) is 5.18. The van der Waals surface area contributed by atoms with Gasteiger partial charge >= 0.3 is 0 Å². The van der Waals surface area contributed by atoms with Gasteiger partial charge in [-0.25, -0.2) is 0 Å². The first-order valence-corrected chi connectivity index (χ1v) is 9.76. The molecule has 0 saturated carbocycles. The van der Waals surface area contributed by atoms with Crippen LogP contribution in [0.15, 0.2) is 70.5 Å². The molecular formula is C22H14ClNO2S. The Bertz CT molecular complexity index is 1140. The van der Waals surface area contributed by atoms with Crippen LogP contribution in [0.5, 0.6) is 0 Å². The van der Waals surface area contributed by atoms with Crippen LogP contribution in [-0.2, 0) is 0 Å². The molecule has 0 saturated heterocycles. The molecule has 27 heavy (non-hydrogen) atoms. The Morgan fingerprint density at radius 1 is 0.852 bits per heavy atom. The first kappa shape index (κ1) is 16.6. The van der Waals surface area contributed by atoms with E-state index in [4.69, 9.17) is 11.6 Å². The maximum absolute atomic E-state index is 12.9. The van der Waals surface area contributed by atoms with Crippen LogP contribution in [0.3, 0.4) is 0 Å². The van der Waals surface area contributed by atoms with Gasteiger partial charge in [0.2, 0.25) is 0 Å². The molecule has 5 heteroatoms. The number of halogens is 1. The number of carbonyl (C=O) groups is 2. The quantitative estimate of drug-likeness (QED) is 0.496. The zero-order valence-corrected chi connectivity index (χ0v) is 16.0. The number of benzene rings is 3. The average Bonchev–Trinajstić information content (AvgIpc) is 2.91. The second kappa shape index (κ2) is 5.98. The Morgan fingerprint density at radius 3 is 2.44 bits per heavy atom. The van der Waals surface area contributed by atoms with E-state index in [-0.39, 0.29) is 11.6 Å². The number of nitrogens with zero attached hydrogens (tertiary/aromatic N) is 1. The second-order valence-corrected chi connectivity index (χ2v) is 8.23. The van der Waals surface area contributed by atoms with Gasteiger partial charge in [-0.1, -0.05) is 41.6 Å². The van der Waals surface area contributed by atoms with Crippen LogP contribution < -0.4 is 4.90 Å². The van der Waals surface area contributed by atoms with Crippen molar-refractivity contribution in [2.45, 2.75) is 15.7 Å². The van der Waals surface area contributed by atoms with Crippen LogP contribution in [0.1, 0.15) is 32.2 Å². The van der Waals surface area contributed by atoms with Crippen LogP contribution in [0.2, 0.25) is 5.02 Å².